The molecule has 1 aliphatic heterocycles. The molecule has 0 bridgehead atoms. The van der Waals surface area contributed by atoms with Crippen molar-refractivity contribution in [1.29, 1.82) is 0 Å². The summed E-state index contributed by atoms with van der Waals surface area (Å²) >= 11 is 5.85. The van der Waals surface area contributed by atoms with Crippen LogP contribution >= 0.6 is 11.6 Å². The Morgan fingerprint density at radius 1 is 1.06 bits per heavy atom. The highest BCUT2D eigenvalue weighted by atomic mass is 35.5. The van der Waals surface area contributed by atoms with Gasteiger partial charge in [0, 0.05) is 48.6 Å². The fourth-order valence-electron chi connectivity index (χ4n) is 3.48. The summed E-state index contributed by atoms with van der Waals surface area (Å²) in [6.07, 6.45) is 1.54. The molecule has 0 radical (unpaired) electrons. The predicted molar refractivity (Wildman–Crippen MR) is 119 cm³/mol. The Balaban J connectivity index is 1.57. The number of likely N-dealkylation sites (tertiary alicyclic amines) is 1. The molecule has 0 unspecified atom stereocenters. The maximum absolute atomic E-state index is 12.9. The van der Waals surface area contributed by atoms with Gasteiger partial charge in [-0.3, -0.25) is 14.4 Å². The van der Waals surface area contributed by atoms with E-state index in [4.69, 9.17) is 16.3 Å². The van der Waals surface area contributed by atoms with E-state index in [9.17, 15) is 14.4 Å². The maximum atomic E-state index is 12.9. The number of halogens is 1. The molecular weight excluding hydrogens is 418 g/mol. The molecular formula is C23H26ClN3O4. The Bertz CT molecular complexity index is 915. The van der Waals surface area contributed by atoms with E-state index in [0.717, 1.165) is 12.8 Å². The molecule has 3 rings (SSSR count). The Morgan fingerprint density at radius 2 is 1.74 bits per heavy atom. The summed E-state index contributed by atoms with van der Waals surface area (Å²) in [7, 11) is 1.58. The third-order valence-corrected chi connectivity index (χ3v) is 5.43. The van der Waals surface area contributed by atoms with Crippen LogP contribution in [0.15, 0.2) is 48.5 Å². The number of nitrogens with zero attached hydrogens (tertiary/aromatic N) is 1. The van der Waals surface area contributed by atoms with Gasteiger partial charge in [0.15, 0.2) is 0 Å². The van der Waals surface area contributed by atoms with Crippen molar-refractivity contribution in [1.82, 2.24) is 10.2 Å². The molecule has 0 spiro atoms. The largest absolute Gasteiger partial charge is 0.383 e. The molecule has 0 aromatic heterocycles. The zero-order valence-electron chi connectivity index (χ0n) is 17.4. The van der Waals surface area contributed by atoms with Crippen LogP contribution in [-0.2, 0) is 9.53 Å². The lowest BCUT2D eigenvalue weighted by Crippen LogP contribution is -2.45. The first-order valence-electron chi connectivity index (χ1n) is 10.2. The van der Waals surface area contributed by atoms with Crippen molar-refractivity contribution in [2.45, 2.75) is 12.8 Å². The minimum atomic E-state index is -0.255. The van der Waals surface area contributed by atoms with Gasteiger partial charge < -0.3 is 20.3 Å². The molecule has 1 heterocycles. The summed E-state index contributed by atoms with van der Waals surface area (Å²) in [5, 5.41) is 6.21. The van der Waals surface area contributed by atoms with E-state index in [0.29, 0.717) is 48.1 Å². The second-order valence-electron chi connectivity index (χ2n) is 7.41. The zero-order valence-corrected chi connectivity index (χ0v) is 18.2. The SMILES string of the molecule is COCCNC(=O)[C@H]1CCCN(C(=O)c2ccc(NC(=O)c3ccc(Cl)cc3)cc2)C1. The maximum Gasteiger partial charge on any atom is 0.255 e. The Labute approximate surface area is 186 Å². The second kappa shape index (κ2) is 10.9. The lowest BCUT2D eigenvalue weighted by Gasteiger charge is -2.32. The smallest absolute Gasteiger partial charge is 0.255 e. The normalized spacial score (nSPS) is 15.9. The highest BCUT2D eigenvalue weighted by Gasteiger charge is 2.28. The van der Waals surface area contributed by atoms with Gasteiger partial charge in [-0.1, -0.05) is 11.6 Å². The molecule has 1 aliphatic rings. The van der Waals surface area contributed by atoms with E-state index < -0.39 is 0 Å². The molecule has 8 heteroatoms. The number of hydrogen-bond acceptors (Lipinski definition) is 4. The standard InChI is InChI=1S/C23H26ClN3O4/c1-31-14-12-25-21(28)18-3-2-13-27(15-18)23(30)17-6-10-20(11-7-17)26-22(29)16-4-8-19(24)9-5-16/h4-11,18H,2-3,12-15H2,1H3,(H,25,28)(H,26,29)/t18-/m0/s1. The Kier molecular flexibility index (Phi) is 8.03. The topological polar surface area (TPSA) is 87.7 Å². The summed E-state index contributed by atoms with van der Waals surface area (Å²) in [6.45, 7) is 1.94. The average molecular weight is 444 g/mol. The summed E-state index contributed by atoms with van der Waals surface area (Å²) in [5.41, 5.74) is 1.60. The van der Waals surface area contributed by atoms with Crippen molar-refractivity contribution in [2.75, 3.05) is 38.7 Å². The summed E-state index contributed by atoms with van der Waals surface area (Å²) in [6, 6.07) is 13.4. The van der Waals surface area contributed by atoms with Gasteiger partial charge in [-0.05, 0) is 61.4 Å². The number of ether oxygens (including phenoxy) is 1. The van der Waals surface area contributed by atoms with Gasteiger partial charge >= 0.3 is 0 Å². The van der Waals surface area contributed by atoms with Crippen LogP contribution < -0.4 is 10.6 Å². The zero-order chi connectivity index (χ0) is 22.2. The van der Waals surface area contributed by atoms with Gasteiger partial charge in [0.05, 0.1) is 12.5 Å². The Morgan fingerprint density at radius 3 is 2.42 bits per heavy atom. The van der Waals surface area contributed by atoms with Crippen molar-refractivity contribution in [3.8, 4) is 0 Å². The molecule has 3 amide bonds. The third kappa shape index (κ3) is 6.29. The highest BCUT2D eigenvalue weighted by Crippen LogP contribution is 2.20. The van der Waals surface area contributed by atoms with Gasteiger partial charge in [-0.2, -0.15) is 0 Å². The van der Waals surface area contributed by atoms with E-state index >= 15 is 0 Å². The first kappa shape index (κ1) is 22.8. The van der Waals surface area contributed by atoms with Crippen LogP contribution in [0.25, 0.3) is 0 Å². The van der Waals surface area contributed by atoms with E-state index in [2.05, 4.69) is 10.6 Å². The van der Waals surface area contributed by atoms with Crippen molar-refractivity contribution in [3.05, 3.63) is 64.7 Å². The number of anilines is 1. The number of piperidine rings is 1. The van der Waals surface area contributed by atoms with E-state index in [1.54, 1.807) is 60.5 Å². The highest BCUT2D eigenvalue weighted by molar-refractivity contribution is 6.30. The van der Waals surface area contributed by atoms with Crippen LogP contribution in [0, 0.1) is 5.92 Å². The van der Waals surface area contributed by atoms with Crippen LogP contribution in [0.2, 0.25) is 5.02 Å². The van der Waals surface area contributed by atoms with Crippen LogP contribution in [0.4, 0.5) is 5.69 Å². The van der Waals surface area contributed by atoms with E-state index in [1.807, 2.05) is 0 Å². The van der Waals surface area contributed by atoms with Crippen LogP contribution in [0.3, 0.4) is 0 Å². The number of rotatable bonds is 7. The molecule has 1 atom stereocenters. The predicted octanol–water partition coefficient (Wildman–Crippen LogP) is 3.21. The number of benzene rings is 2. The minimum absolute atomic E-state index is 0.0465. The molecule has 2 N–H and O–H groups in total. The first-order chi connectivity index (χ1) is 15.0. The van der Waals surface area contributed by atoms with Crippen molar-refractivity contribution >= 4 is 35.0 Å². The van der Waals surface area contributed by atoms with Crippen LogP contribution in [0.1, 0.15) is 33.6 Å². The fraction of sp³-hybridized carbons (Fsp3) is 0.348. The number of nitrogens with one attached hydrogen (secondary N) is 2. The summed E-state index contributed by atoms with van der Waals surface area (Å²) in [4.78, 5) is 39.2. The van der Waals surface area contributed by atoms with Gasteiger partial charge in [-0.25, -0.2) is 0 Å². The molecule has 0 aliphatic carbocycles. The second-order valence-corrected chi connectivity index (χ2v) is 7.85. The number of carbonyl (C=O) groups is 3. The Hall–Kier alpha value is -2.90. The molecule has 1 saturated heterocycles. The number of amides is 3. The molecule has 7 nitrogen and oxygen atoms in total. The molecule has 0 saturated carbocycles. The minimum Gasteiger partial charge on any atom is -0.383 e. The van der Waals surface area contributed by atoms with Gasteiger partial charge in [0.1, 0.15) is 0 Å². The monoisotopic (exact) mass is 443 g/mol. The van der Waals surface area contributed by atoms with Gasteiger partial charge in [0.2, 0.25) is 5.91 Å². The lowest BCUT2D eigenvalue weighted by atomic mass is 9.96. The molecule has 164 valence electrons. The average Bonchev–Trinajstić information content (AvgIpc) is 2.79. The van der Waals surface area contributed by atoms with Gasteiger partial charge in [0.25, 0.3) is 11.8 Å². The van der Waals surface area contributed by atoms with Crippen molar-refractivity contribution in [2.24, 2.45) is 5.92 Å². The van der Waals surface area contributed by atoms with Crippen LogP contribution in [0.5, 0.6) is 0 Å². The summed E-state index contributed by atoms with van der Waals surface area (Å²) < 4.78 is 4.95. The quantitative estimate of drug-likeness (QED) is 0.643. The molecule has 2 aromatic rings. The fourth-order valence-corrected chi connectivity index (χ4v) is 3.61. The molecule has 1 fully saturated rings. The number of hydrogen-bond donors (Lipinski definition) is 2. The van der Waals surface area contributed by atoms with Crippen molar-refractivity contribution in [3.63, 3.8) is 0 Å². The number of carbonyl (C=O) groups excluding carboxylic acids is 3. The summed E-state index contributed by atoms with van der Waals surface area (Å²) in [5.74, 6) is -0.638. The van der Waals surface area contributed by atoms with Crippen LogP contribution in [-0.4, -0.2) is 56.0 Å². The van der Waals surface area contributed by atoms with Gasteiger partial charge in [-0.15, -0.1) is 0 Å². The van der Waals surface area contributed by atoms with E-state index in [1.165, 1.54) is 0 Å². The first-order valence-corrected chi connectivity index (χ1v) is 10.6. The number of methoxy groups -OCH3 is 1. The molecule has 2 aromatic carbocycles. The molecule has 31 heavy (non-hydrogen) atoms. The lowest BCUT2D eigenvalue weighted by molar-refractivity contribution is -0.126. The van der Waals surface area contributed by atoms with Crippen molar-refractivity contribution < 1.29 is 19.1 Å². The third-order valence-electron chi connectivity index (χ3n) is 5.18. The van der Waals surface area contributed by atoms with E-state index in [-0.39, 0.29) is 23.6 Å².